The number of rotatable bonds is 7. The maximum absolute atomic E-state index is 13.2. The Bertz CT molecular complexity index is 2580. The highest BCUT2D eigenvalue weighted by molar-refractivity contribution is 7.92. The molecule has 51 heavy (non-hydrogen) atoms. The van der Waals surface area contributed by atoms with Gasteiger partial charge >= 0.3 is 0 Å². The van der Waals surface area contributed by atoms with E-state index in [-0.39, 0.29) is 27.0 Å². The number of ether oxygens (including phenoxy) is 1. The molecular formula is C41H20ClN3O5S. The van der Waals surface area contributed by atoms with Crippen LogP contribution in [-0.4, -0.2) is 26.8 Å². The molecule has 0 unspecified atom stereocenters. The van der Waals surface area contributed by atoms with Crippen molar-refractivity contribution in [1.29, 1.82) is 0 Å². The van der Waals surface area contributed by atoms with Crippen LogP contribution in [0.5, 0.6) is 5.75 Å². The maximum atomic E-state index is 13.2. The lowest BCUT2D eigenvalue weighted by molar-refractivity contribution is -0.125. The molecule has 0 radical (unpaired) electrons. The highest BCUT2D eigenvalue weighted by atomic mass is 35.5. The second-order valence-corrected chi connectivity index (χ2v) is 11.7. The molecule has 0 aliphatic carbocycles. The van der Waals surface area contributed by atoms with Crippen LogP contribution in [0.2, 0.25) is 5.02 Å². The normalized spacial score (nSPS) is 9.76. The number of anilines is 3. The minimum absolute atomic E-state index is 0.00147. The Balaban J connectivity index is 1.47. The van der Waals surface area contributed by atoms with Crippen LogP contribution in [0.25, 0.3) is 0 Å². The molecule has 0 saturated heterocycles. The lowest BCUT2D eigenvalue weighted by atomic mass is 10.2. The summed E-state index contributed by atoms with van der Waals surface area (Å²) in [6.07, 6.45) is 7.50. The zero-order valence-electron chi connectivity index (χ0n) is 26.3. The number of nitrogens with zero attached hydrogens (tertiary/aromatic N) is 1. The van der Waals surface area contributed by atoms with Gasteiger partial charge in [0.2, 0.25) is 11.8 Å². The van der Waals surface area contributed by atoms with Crippen molar-refractivity contribution in [3.05, 3.63) is 77.3 Å². The number of halogens is 1. The molecule has 1 heterocycles. The highest BCUT2D eigenvalue weighted by Crippen LogP contribution is 2.31. The third-order valence-electron chi connectivity index (χ3n) is 6.31. The van der Waals surface area contributed by atoms with Crippen LogP contribution in [0, 0.1) is 107 Å². The Hall–Kier alpha value is -7.52. The standard InChI is InChI=1S/C41H20ClN3O5S/c1-2-3-4-5-6-7-8-9-10-11-12-13-14-15-16-21-30-50-39-27-26-34(51(48,49)44-36-24-19-18-23-35(36)42)31-37(39)43-40(46)32-41(47)45-29-28-33-22-17-20-25-38(33)45/h1,17-20,22-27,31,44H,28-29,32H2,(H,43,46). The fourth-order valence-electron chi connectivity index (χ4n) is 4.18. The van der Waals surface area contributed by atoms with Crippen molar-refractivity contribution in [3.8, 4) is 113 Å². The summed E-state index contributed by atoms with van der Waals surface area (Å²) in [5, 5.41) is 2.76. The van der Waals surface area contributed by atoms with Crippen LogP contribution in [0.3, 0.4) is 0 Å². The summed E-state index contributed by atoms with van der Waals surface area (Å²) in [4.78, 5) is 27.4. The van der Waals surface area contributed by atoms with Crippen molar-refractivity contribution < 1.29 is 22.7 Å². The number of para-hydroxylation sites is 2. The van der Waals surface area contributed by atoms with Crippen LogP contribution < -0.4 is 19.7 Å². The maximum Gasteiger partial charge on any atom is 0.262 e. The molecule has 3 aromatic rings. The van der Waals surface area contributed by atoms with E-state index in [1.54, 1.807) is 17.0 Å². The minimum atomic E-state index is -4.16. The molecule has 0 fully saturated rings. The molecule has 0 spiro atoms. The lowest BCUT2D eigenvalue weighted by Crippen LogP contribution is -2.32. The van der Waals surface area contributed by atoms with Gasteiger partial charge in [0, 0.05) is 59.6 Å². The van der Waals surface area contributed by atoms with E-state index < -0.39 is 28.3 Å². The quantitative estimate of drug-likeness (QED) is 0.286. The van der Waals surface area contributed by atoms with Gasteiger partial charge in [-0.15, -0.1) is 6.42 Å². The predicted octanol–water partition coefficient (Wildman–Crippen LogP) is 4.06. The zero-order chi connectivity index (χ0) is 36.3. The van der Waals surface area contributed by atoms with E-state index in [4.69, 9.17) is 22.8 Å². The van der Waals surface area contributed by atoms with Crippen molar-refractivity contribution in [2.45, 2.75) is 17.7 Å². The van der Waals surface area contributed by atoms with E-state index in [1.807, 2.05) is 24.3 Å². The van der Waals surface area contributed by atoms with Crippen LogP contribution >= 0.6 is 11.6 Å². The first-order valence-electron chi connectivity index (χ1n) is 14.5. The first-order chi connectivity index (χ1) is 24.8. The lowest BCUT2D eigenvalue weighted by Gasteiger charge is -2.17. The van der Waals surface area contributed by atoms with Crippen molar-refractivity contribution >= 4 is 50.5 Å². The molecular weight excluding hydrogens is 682 g/mol. The molecule has 2 N–H and O–H groups in total. The largest absolute Gasteiger partial charge is 0.404 e. The number of terminal acetylenes is 1. The molecule has 2 amide bonds. The second kappa shape index (κ2) is 18.7. The Morgan fingerprint density at radius 1 is 0.765 bits per heavy atom. The molecule has 10 heteroatoms. The van der Waals surface area contributed by atoms with Gasteiger partial charge in [-0.05, 0) is 95.7 Å². The number of fused-ring (bicyclic) bond motifs is 1. The third kappa shape index (κ3) is 11.3. The number of amides is 2. The first-order valence-corrected chi connectivity index (χ1v) is 16.4. The number of hydrogen-bond donors (Lipinski definition) is 2. The van der Waals surface area contributed by atoms with Crippen molar-refractivity contribution in [2.75, 3.05) is 21.5 Å². The Morgan fingerprint density at radius 3 is 2.00 bits per heavy atom. The minimum Gasteiger partial charge on any atom is -0.404 e. The summed E-state index contributed by atoms with van der Waals surface area (Å²) in [5.41, 5.74) is 1.86. The topological polar surface area (TPSA) is 105 Å². The number of carbonyl (C=O) groups is 2. The smallest absolute Gasteiger partial charge is 0.262 e. The van der Waals surface area contributed by atoms with Crippen LogP contribution in [0.1, 0.15) is 12.0 Å². The number of carbonyl (C=O) groups excluding carboxylic acids is 2. The van der Waals surface area contributed by atoms with Crippen LogP contribution in [0.15, 0.2) is 71.6 Å². The number of sulfonamides is 1. The number of nitrogens with one attached hydrogen (secondary N) is 2. The monoisotopic (exact) mass is 701 g/mol. The van der Waals surface area contributed by atoms with Gasteiger partial charge in [0.1, 0.15) is 12.5 Å². The Morgan fingerprint density at radius 2 is 1.35 bits per heavy atom. The summed E-state index contributed by atoms with van der Waals surface area (Å²) in [5.74, 6) is 37.8. The van der Waals surface area contributed by atoms with E-state index in [2.05, 4.69) is 111 Å². The average Bonchev–Trinajstić information content (AvgIpc) is 3.55. The molecule has 242 valence electrons. The fraction of sp³-hybridized carbons (Fsp3) is 0.0732. The van der Waals surface area contributed by atoms with Gasteiger partial charge in [-0.1, -0.05) is 41.9 Å². The van der Waals surface area contributed by atoms with E-state index >= 15 is 0 Å². The van der Waals surface area contributed by atoms with E-state index in [1.165, 1.54) is 30.3 Å². The van der Waals surface area contributed by atoms with Gasteiger partial charge in [-0.3, -0.25) is 14.3 Å². The Kier molecular flexibility index (Phi) is 13.3. The fourth-order valence-corrected chi connectivity index (χ4v) is 5.53. The molecule has 0 bridgehead atoms. The van der Waals surface area contributed by atoms with Crippen LogP contribution in [-0.2, 0) is 26.0 Å². The van der Waals surface area contributed by atoms with Gasteiger partial charge in [0.15, 0.2) is 5.75 Å². The summed E-state index contributed by atoms with van der Waals surface area (Å²) in [6.45, 7) is 0.444. The second-order valence-electron chi connectivity index (χ2n) is 9.62. The molecule has 0 saturated carbocycles. The molecule has 0 aromatic heterocycles. The van der Waals surface area contributed by atoms with E-state index in [9.17, 15) is 18.0 Å². The summed E-state index contributed by atoms with van der Waals surface area (Å²) in [6, 6.07) is 17.5. The Labute approximate surface area is 301 Å². The highest BCUT2D eigenvalue weighted by Gasteiger charge is 2.26. The summed E-state index contributed by atoms with van der Waals surface area (Å²) >= 11 is 6.14. The number of benzene rings is 3. The van der Waals surface area contributed by atoms with Gasteiger partial charge in [-0.25, -0.2) is 8.42 Å². The molecule has 0 atom stereocenters. The van der Waals surface area contributed by atoms with Gasteiger partial charge in [0.05, 0.1) is 21.3 Å². The van der Waals surface area contributed by atoms with Crippen molar-refractivity contribution in [3.63, 3.8) is 0 Å². The molecule has 4 rings (SSSR count). The van der Waals surface area contributed by atoms with Crippen LogP contribution in [0.4, 0.5) is 17.1 Å². The van der Waals surface area contributed by atoms with E-state index in [0.29, 0.717) is 13.0 Å². The van der Waals surface area contributed by atoms with Crippen molar-refractivity contribution in [2.24, 2.45) is 0 Å². The average molecular weight is 702 g/mol. The van der Waals surface area contributed by atoms with Gasteiger partial charge in [-0.2, -0.15) is 0 Å². The molecule has 3 aromatic carbocycles. The van der Waals surface area contributed by atoms with Gasteiger partial charge < -0.3 is 15.0 Å². The first kappa shape index (κ1) is 36.3. The van der Waals surface area contributed by atoms with Crippen molar-refractivity contribution in [1.82, 2.24) is 0 Å². The SMILES string of the molecule is C#CC#CC#CC#CC#CC#CC#CC#CC#COc1ccc(S(=O)(=O)Nc2ccccc2Cl)cc1NC(=O)CC(=O)N1CCc2ccccc21. The van der Waals surface area contributed by atoms with E-state index in [0.717, 1.165) is 11.3 Å². The summed E-state index contributed by atoms with van der Waals surface area (Å²) in [7, 11) is -4.16. The molecule has 8 nitrogen and oxygen atoms in total. The zero-order valence-corrected chi connectivity index (χ0v) is 27.9. The van der Waals surface area contributed by atoms with Gasteiger partial charge in [0.25, 0.3) is 10.0 Å². The number of hydrogen-bond acceptors (Lipinski definition) is 5. The third-order valence-corrected chi connectivity index (χ3v) is 8.01. The molecule has 1 aliphatic rings. The molecule has 1 aliphatic heterocycles. The predicted molar refractivity (Wildman–Crippen MR) is 196 cm³/mol. The summed E-state index contributed by atoms with van der Waals surface area (Å²) < 4.78 is 34.3.